The molecule has 2 rings (SSSR count). The van der Waals surface area contributed by atoms with Gasteiger partial charge in [0.1, 0.15) is 5.75 Å². The SMILES string of the molecule is COc1cc(CNC2CCCC2OC)cc([N+](=O)[O-])c1. The van der Waals surface area contributed by atoms with E-state index in [0.717, 1.165) is 24.8 Å². The van der Waals surface area contributed by atoms with E-state index in [-0.39, 0.29) is 11.8 Å². The first-order valence-electron chi connectivity index (χ1n) is 6.72. The van der Waals surface area contributed by atoms with Gasteiger partial charge < -0.3 is 14.8 Å². The second kappa shape index (κ2) is 6.67. The van der Waals surface area contributed by atoms with Gasteiger partial charge in [-0.1, -0.05) is 0 Å². The Labute approximate surface area is 118 Å². The molecule has 2 unspecified atom stereocenters. The molecule has 1 aromatic rings. The molecule has 0 amide bonds. The number of nitro groups is 1. The highest BCUT2D eigenvalue weighted by Crippen LogP contribution is 2.24. The second-order valence-electron chi connectivity index (χ2n) is 4.99. The van der Waals surface area contributed by atoms with Gasteiger partial charge in [-0.2, -0.15) is 0 Å². The van der Waals surface area contributed by atoms with Gasteiger partial charge in [0.15, 0.2) is 0 Å². The first kappa shape index (κ1) is 14.7. The maximum atomic E-state index is 10.9. The van der Waals surface area contributed by atoms with Gasteiger partial charge >= 0.3 is 0 Å². The topological polar surface area (TPSA) is 73.6 Å². The lowest BCUT2D eigenvalue weighted by Crippen LogP contribution is -2.36. The minimum Gasteiger partial charge on any atom is -0.496 e. The van der Waals surface area contributed by atoms with Crippen molar-refractivity contribution in [3.63, 3.8) is 0 Å². The molecular formula is C14H20N2O4. The highest BCUT2D eigenvalue weighted by molar-refractivity contribution is 5.42. The summed E-state index contributed by atoms with van der Waals surface area (Å²) in [6.07, 6.45) is 3.52. The third kappa shape index (κ3) is 3.46. The molecule has 0 radical (unpaired) electrons. The molecule has 0 spiro atoms. The van der Waals surface area contributed by atoms with Gasteiger partial charge in [-0.15, -0.1) is 0 Å². The van der Waals surface area contributed by atoms with E-state index in [1.807, 2.05) is 6.07 Å². The van der Waals surface area contributed by atoms with Gasteiger partial charge in [-0.05, 0) is 30.9 Å². The fraction of sp³-hybridized carbons (Fsp3) is 0.571. The Kier molecular flexibility index (Phi) is 4.92. The summed E-state index contributed by atoms with van der Waals surface area (Å²) in [4.78, 5) is 10.5. The molecule has 0 aliphatic heterocycles. The van der Waals surface area contributed by atoms with Crippen molar-refractivity contribution in [2.75, 3.05) is 14.2 Å². The van der Waals surface area contributed by atoms with Crippen LogP contribution in [0.3, 0.4) is 0 Å². The number of nitrogens with zero attached hydrogens (tertiary/aromatic N) is 1. The summed E-state index contributed by atoms with van der Waals surface area (Å²) in [5.74, 6) is 0.505. The number of methoxy groups -OCH3 is 2. The van der Waals surface area contributed by atoms with Gasteiger partial charge in [0.2, 0.25) is 0 Å². The molecule has 0 saturated heterocycles. The molecule has 6 heteroatoms. The number of nitro benzene ring substituents is 1. The summed E-state index contributed by atoms with van der Waals surface area (Å²) in [5.41, 5.74) is 0.897. The average molecular weight is 280 g/mol. The van der Waals surface area contributed by atoms with Crippen molar-refractivity contribution in [1.29, 1.82) is 0 Å². The van der Waals surface area contributed by atoms with Crippen LogP contribution in [0.5, 0.6) is 5.75 Å². The molecule has 1 fully saturated rings. The molecule has 2 atom stereocenters. The third-order valence-corrected chi connectivity index (χ3v) is 3.72. The van der Waals surface area contributed by atoms with Crippen molar-refractivity contribution in [2.24, 2.45) is 0 Å². The Bertz CT molecular complexity index is 478. The van der Waals surface area contributed by atoms with E-state index < -0.39 is 4.92 Å². The molecule has 0 heterocycles. The van der Waals surface area contributed by atoms with Crippen LogP contribution in [0.2, 0.25) is 0 Å². The number of hydrogen-bond donors (Lipinski definition) is 1. The number of rotatable bonds is 6. The van der Waals surface area contributed by atoms with Crippen LogP contribution in [0.25, 0.3) is 0 Å². The Morgan fingerprint density at radius 1 is 1.35 bits per heavy atom. The fourth-order valence-electron chi connectivity index (χ4n) is 2.66. The largest absolute Gasteiger partial charge is 0.496 e. The molecule has 110 valence electrons. The minimum absolute atomic E-state index is 0.0517. The Morgan fingerprint density at radius 3 is 2.80 bits per heavy atom. The predicted molar refractivity (Wildman–Crippen MR) is 74.9 cm³/mol. The number of nitrogens with one attached hydrogen (secondary N) is 1. The van der Waals surface area contributed by atoms with Crippen molar-refractivity contribution in [3.05, 3.63) is 33.9 Å². The predicted octanol–water partition coefficient (Wildman–Crippen LogP) is 2.26. The molecule has 1 aliphatic carbocycles. The number of hydrogen-bond acceptors (Lipinski definition) is 5. The van der Waals surface area contributed by atoms with Crippen molar-refractivity contribution in [2.45, 2.75) is 38.0 Å². The molecule has 6 nitrogen and oxygen atoms in total. The van der Waals surface area contributed by atoms with Crippen LogP contribution in [-0.4, -0.2) is 31.3 Å². The quantitative estimate of drug-likeness (QED) is 0.639. The number of ether oxygens (including phenoxy) is 2. The lowest BCUT2D eigenvalue weighted by atomic mass is 10.1. The van der Waals surface area contributed by atoms with Gasteiger partial charge in [-0.3, -0.25) is 10.1 Å². The smallest absolute Gasteiger partial charge is 0.273 e. The fourth-order valence-corrected chi connectivity index (χ4v) is 2.66. The van der Waals surface area contributed by atoms with Gasteiger partial charge in [-0.25, -0.2) is 0 Å². The van der Waals surface area contributed by atoms with E-state index in [9.17, 15) is 10.1 Å². The van der Waals surface area contributed by atoms with Crippen LogP contribution in [0, 0.1) is 10.1 Å². The summed E-state index contributed by atoms with van der Waals surface area (Å²) in [6, 6.07) is 5.13. The van der Waals surface area contributed by atoms with E-state index in [0.29, 0.717) is 18.3 Å². The first-order valence-corrected chi connectivity index (χ1v) is 6.72. The Morgan fingerprint density at radius 2 is 2.15 bits per heavy atom. The number of benzene rings is 1. The van der Waals surface area contributed by atoms with E-state index in [1.54, 1.807) is 13.2 Å². The Balaban J connectivity index is 2.05. The van der Waals surface area contributed by atoms with Crippen LogP contribution < -0.4 is 10.1 Å². The van der Waals surface area contributed by atoms with Crippen LogP contribution in [0.1, 0.15) is 24.8 Å². The standard InChI is InChI=1S/C14H20N2O4/c1-19-12-7-10(6-11(8-12)16(17)18)9-15-13-4-3-5-14(13)20-2/h6-8,13-15H,3-5,9H2,1-2H3. The van der Waals surface area contributed by atoms with Crippen molar-refractivity contribution < 1.29 is 14.4 Å². The van der Waals surface area contributed by atoms with E-state index in [1.165, 1.54) is 13.2 Å². The van der Waals surface area contributed by atoms with Crippen LogP contribution in [0.15, 0.2) is 18.2 Å². The van der Waals surface area contributed by atoms with Crippen LogP contribution in [-0.2, 0) is 11.3 Å². The highest BCUT2D eigenvalue weighted by Gasteiger charge is 2.26. The van der Waals surface area contributed by atoms with E-state index >= 15 is 0 Å². The van der Waals surface area contributed by atoms with Crippen LogP contribution in [0.4, 0.5) is 5.69 Å². The highest BCUT2D eigenvalue weighted by atomic mass is 16.6. The maximum Gasteiger partial charge on any atom is 0.273 e. The zero-order valence-electron chi connectivity index (χ0n) is 11.8. The van der Waals surface area contributed by atoms with Crippen molar-refractivity contribution in [3.8, 4) is 5.75 Å². The zero-order valence-corrected chi connectivity index (χ0v) is 11.8. The molecule has 1 aliphatic rings. The summed E-state index contributed by atoms with van der Waals surface area (Å²) in [5, 5.41) is 14.3. The Hall–Kier alpha value is -1.66. The third-order valence-electron chi connectivity index (χ3n) is 3.72. The average Bonchev–Trinajstić information content (AvgIpc) is 2.92. The molecular weight excluding hydrogens is 260 g/mol. The molecule has 20 heavy (non-hydrogen) atoms. The lowest BCUT2D eigenvalue weighted by molar-refractivity contribution is -0.385. The van der Waals surface area contributed by atoms with Gasteiger partial charge in [0.25, 0.3) is 5.69 Å². The lowest BCUT2D eigenvalue weighted by Gasteiger charge is -2.19. The van der Waals surface area contributed by atoms with Gasteiger partial charge in [0.05, 0.1) is 24.2 Å². The van der Waals surface area contributed by atoms with Gasteiger partial charge in [0, 0.05) is 25.8 Å². The molecule has 0 aromatic heterocycles. The van der Waals surface area contributed by atoms with E-state index in [2.05, 4.69) is 5.32 Å². The molecule has 1 N–H and O–H groups in total. The number of non-ortho nitro benzene ring substituents is 1. The summed E-state index contributed by atoms with van der Waals surface area (Å²) < 4.78 is 10.5. The molecule has 1 aromatic carbocycles. The minimum atomic E-state index is -0.403. The summed E-state index contributed by atoms with van der Waals surface area (Å²) >= 11 is 0. The zero-order chi connectivity index (χ0) is 14.5. The maximum absolute atomic E-state index is 10.9. The summed E-state index contributed by atoms with van der Waals surface area (Å²) in [7, 11) is 3.23. The first-order chi connectivity index (χ1) is 9.63. The normalized spacial score (nSPS) is 21.9. The second-order valence-corrected chi connectivity index (χ2v) is 4.99. The molecule has 1 saturated carbocycles. The monoisotopic (exact) mass is 280 g/mol. The summed E-state index contributed by atoms with van der Waals surface area (Å²) in [6.45, 7) is 0.572. The molecule has 0 bridgehead atoms. The van der Waals surface area contributed by atoms with E-state index in [4.69, 9.17) is 9.47 Å². The van der Waals surface area contributed by atoms with Crippen molar-refractivity contribution in [1.82, 2.24) is 5.32 Å². The van der Waals surface area contributed by atoms with Crippen molar-refractivity contribution >= 4 is 5.69 Å². The van der Waals surface area contributed by atoms with Crippen LogP contribution >= 0.6 is 0 Å².